The molecule has 1 fully saturated rings. The number of fused-ring (bicyclic) bond motifs is 3. The highest BCUT2D eigenvalue weighted by Gasteiger charge is 2.40. The van der Waals surface area contributed by atoms with E-state index >= 15 is 0 Å². The molecule has 3 rings (SSSR count). The molecule has 3 nitrogen and oxygen atoms in total. The van der Waals surface area contributed by atoms with Crippen molar-refractivity contribution in [2.75, 3.05) is 14.2 Å². The van der Waals surface area contributed by atoms with Gasteiger partial charge in [0.05, 0.1) is 14.2 Å². The number of hydrogen-bond donors (Lipinski definition) is 0. The maximum absolute atomic E-state index is 5.96. The Morgan fingerprint density at radius 3 is 2.81 bits per heavy atom. The van der Waals surface area contributed by atoms with Gasteiger partial charge in [-0.3, -0.25) is 0 Å². The lowest BCUT2D eigenvalue weighted by molar-refractivity contribution is 0.224. The Balaban J connectivity index is 2.09. The van der Waals surface area contributed by atoms with Gasteiger partial charge in [0.25, 0.3) is 0 Å². The zero-order chi connectivity index (χ0) is 11.1. The van der Waals surface area contributed by atoms with Gasteiger partial charge in [-0.2, -0.15) is 0 Å². The molecule has 0 aromatic heterocycles. The van der Waals surface area contributed by atoms with Gasteiger partial charge in [0.2, 0.25) is 0 Å². The third-order valence-corrected chi connectivity index (χ3v) is 3.63. The van der Waals surface area contributed by atoms with Gasteiger partial charge < -0.3 is 14.2 Å². The van der Waals surface area contributed by atoms with Crippen LogP contribution in [0.25, 0.3) is 0 Å². The van der Waals surface area contributed by atoms with Gasteiger partial charge in [0.1, 0.15) is 23.4 Å². The highest BCUT2D eigenvalue weighted by atomic mass is 16.5. The van der Waals surface area contributed by atoms with E-state index in [4.69, 9.17) is 14.2 Å². The molecule has 3 heteroatoms. The summed E-state index contributed by atoms with van der Waals surface area (Å²) in [6.07, 6.45) is 3.98. The fourth-order valence-electron chi connectivity index (χ4n) is 2.89. The second-order valence-electron chi connectivity index (χ2n) is 4.44. The van der Waals surface area contributed by atoms with E-state index in [2.05, 4.69) is 0 Å². The topological polar surface area (TPSA) is 27.7 Å². The molecule has 16 heavy (non-hydrogen) atoms. The molecule has 0 spiro atoms. The van der Waals surface area contributed by atoms with Gasteiger partial charge >= 0.3 is 0 Å². The van der Waals surface area contributed by atoms with Crippen LogP contribution in [0.1, 0.15) is 30.7 Å². The summed E-state index contributed by atoms with van der Waals surface area (Å²) >= 11 is 0. The molecular weight excluding hydrogens is 204 g/mol. The molecule has 86 valence electrons. The summed E-state index contributed by atoms with van der Waals surface area (Å²) in [5.74, 6) is 3.18. The summed E-state index contributed by atoms with van der Waals surface area (Å²) in [5.41, 5.74) is 1.24. The van der Waals surface area contributed by atoms with Crippen molar-refractivity contribution < 1.29 is 14.2 Å². The fraction of sp³-hybridized carbons (Fsp3) is 0.538. The van der Waals surface area contributed by atoms with Crippen molar-refractivity contribution in [2.24, 2.45) is 0 Å². The first-order valence-electron chi connectivity index (χ1n) is 5.76. The lowest BCUT2D eigenvalue weighted by Crippen LogP contribution is -2.11. The molecule has 1 aliphatic heterocycles. The average molecular weight is 220 g/mol. The highest BCUT2D eigenvalue weighted by molar-refractivity contribution is 5.55. The predicted molar refractivity (Wildman–Crippen MR) is 60.6 cm³/mol. The largest absolute Gasteiger partial charge is 0.496 e. The highest BCUT2D eigenvalue weighted by Crippen LogP contribution is 2.52. The smallest absolute Gasteiger partial charge is 0.130 e. The average Bonchev–Trinajstić information content (AvgIpc) is 2.86. The molecule has 1 saturated carbocycles. The van der Waals surface area contributed by atoms with Crippen LogP contribution < -0.4 is 14.2 Å². The Morgan fingerprint density at radius 2 is 2.06 bits per heavy atom. The van der Waals surface area contributed by atoms with Crippen molar-refractivity contribution >= 4 is 0 Å². The van der Waals surface area contributed by atoms with Crippen LogP contribution in [0.3, 0.4) is 0 Å². The molecule has 1 aliphatic carbocycles. The van der Waals surface area contributed by atoms with Crippen LogP contribution in [0, 0.1) is 0 Å². The normalized spacial score (nSPS) is 25.9. The van der Waals surface area contributed by atoms with Gasteiger partial charge in [0, 0.05) is 23.6 Å². The predicted octanol–water partition coefficient (Wildman–Crippen LogP) is 2.73. The van der Waals surface area contributed by atoms with Crippen molar-refractivity contribution in [3.63, 3.8) is 0 Å². The van der Waals surface area contributed by atoms with Gasteiger partial charge in [-0.1, -0.05) is 0 Å². The summed E-state index contributed by atoms with van der Waals surface area (Å²) in [6, 6.07) is 3.92. The minimum absolute atomic E-state index is 0.357. The molecule has 2 unspecified atom stereocenters. The SMILES string of the molecule is COc1cc(OC)c2c(c1)OC1CCCC21. The molecule has 0 N–H and O–H groups in total. The van der Waals surface area contributed by atoms with E-state index in [1.807, 2.05) is 12.1 Å². The van der Waals surface area contributed by atoms with Gasteiger partial charge in [-0.15, -0.1) is 0 Å². The minimum Gasteiger partial charge on any atom is -0.496 e. The van der Waals surface area contributed by atoms with Crippen LogP contribution in [-0.4, -0.2) is 20.3 Å². The van der Waals surface area contributed by atoms with Crippen LogP contribution in [0.2, 0.25) is 0 Å². The zero-order valence-electron chi connectivity index (χ0n) is 9.66. The third kappa shape index (κ3) is 1.27. The molecule has 0 saturated heterocycles. The summed E-state index contributed by atoms with van der Waals surface area (Å²) in [5, 5.41) is 0. The summed E-state index contributed by atoms with van der Waals surface area (Å²) in [6.45, 7) is 0. The Morgan fingerprint density at radius 1 is 1.19 bits per heavy atom. The van der Waals surface area contributed by atoms with Crippen LogP contribution in [0.5, 0.6) is 17.2 Å². The lowest BCUT2D eigenvalue weighted by atomic mass is 9.96. The molecular formula is C13H16O3. The monoisotopic (exact) mass is 220 g/mol. The van der Waals surface area contributed by atoms with Crippen LogP contribution in [-0.2, 0) is 0 Å². The molecule has 0 amide bonds. The number of rotatable bonds is 2. The van der Waals surface area contributed by atoms with E-state index < -0.39 is 0 Å². The van der Waals surface area contributed by atoms with Crippen molar-refractivity contribution in [1.82, 2.24) is 0 Å². The van der Waals surface area contributed by atoms with E-state index in [0.29, 0.717) is 12.0 Å². The molecule has 1 aromatic rings. The zero-order valence-corrected chi connectivity index (χ0v) is 9.66. The van der Waals surface area contributed by atoms with E-state index in [0.717, 1.165) is 23.7 Å². The fourth-order valence-corrected chi connectivity index (χ4v) is 2.89. The van der Waals surface area contributed by atoms with Crippen molar-refractivity contribution in [3.8, 4) is 17.2 Å². The maximum Gasteiger partial charge on any atom is 0.130 e. The van der Waals surface area contributed by atoms with Crippen LogP contribution in [0.15, 0.2) is 12.1 Å². The van der Waals surface area contributed by atoms with Crippen molar-refractivity contribution in [3.05, 3.63) is 17.7 Å². The first-order chi connectivity index (χ1) is 7.83. The molecule has 1 heterocycles. The quantitative estimate of drug-likeness (QED) is 0.767. The Bertz CT molecular complexity index is 414. The minimum atomic E-state index is 0.357. The first kappa shape index (κ1) is 9.82. The molecule has 0 radical (unpaired) electrons. The number of ether oxygens (including phenoxy) is 3. The Labute approximate surface area is 95.3 Å². The molecule has 2 atom stereocenters. The van der Waals surface area contributed by atoms with Gasteiger partial charge in [-0.05, 0) is 19.3 Å². The second kappa shape index (κ2) is 3.58. The van der Waals surface area contributed by atoms with Crippen LogP contribution in [0.4, 0.5) is 0 Å². The summed E-state index contributed by atoms with van der Waals surface area (Å²) in [7, 11) is 3.37. The second-order valence-corrected chi connectivity index (χ2v) is 4.44. The summed E-state index contributed by atoms with van der Waals surface area (Å²) in [4.78, 5) is 0. The van der Waals surface area contributed by atoms with Crippen molar-refractivity contribution in [2.45, 2.75) is 31.3 Å². The van der Waals surface area contributed by atoms with E-state index in [1.54, 1.807) is 14.2 Å². The lowest BCUT2D eigenvalue weighted by Gasteiger charge is -2.11. The van der Waals surface area contributed by atoms with Crippen LogP contribution >= 0.6 is 0 Å². The first-order valence-corrected chi connectivity index (χ1v) is 5.76. The molecule has 2 aliphatic rings. The number of methoxy groups -OCH3 is 2. The number of benzene rings is 1. The van der Waals surface area contributed by atoms with E-state index in [-0.39, 0.29) is 0 Å². The summed E-state index contributed by atoms with van der Waals surface area (Å²) < 4.78 is 16.6. The Hall–Kier alpha value is -1.38. The molecule has 1 aromatic carbocycles. The Kier molecular flexibility index (Phi) is 2.20. The third-order valence-electron chi connectivity index (χ3n) is 3.63. The van der Waals surface area contributed by atoms with Gasteiger partial charge in [-0.25, -0.2) is 0 Å². The van der Waals surface area contributed by atoms with E-state index in [1.165, 1.54) is 18.4 Å². The number of hydrogen-bond acceptors (Lipinski definition) is 3. The standard InChI is InChI=1S/C13H16O3/c1-14-8-6-11(15-2)13-9-4-3-5-10(9)16-12(13)7-8/h6-7,9-10H,3-5H2,1-2H3. The maximum atomic E-state index is 5.96. The van der Waals surface area contributed by atoms with E-state index in [9.17, 15) is 0 Å². The molecule has 0 bridgehead atoms. The van der Waals surface area contributed by atoms with Gasteiger partial charge in [0.15, 0.2) is 0 Å². The van der Waals surface area contributed by atoms with Crippen molar-refractivity contribution in [1.29, 1.82) is 0 Å².